The standard InChI is InChI=1S/C27H35N3O5S.C23H27N3O4.CH4O.ClH/c1-7-30-24(35-22-13-11-19(12-14-22)25(32-5)33-6)16-23(28-30)20-9-8-10-21(15-20)27(17-34-18-27)29-36(31)26(2,3)4;1-4-26-21(30-19-10-8-16(9-11-19)22(27-2)28-3)13-20(25-26)17-6-5-7-18(12-17)23(24)14-29-15-23;1-2;/h8-16,25,29H,7,17-18H2,1-6H3;5-13,22H,4,14-15,24H2,1-3H3;2H,1H3;1H. The number of aryl methyl sites for hydroxylation is 2. The van der Waals surface area contributed by atoms with Crippen LogP contribution in [0.25, 0.3) is 22.5 Å². The number of rotatable bonds is 18. The van der Waals surface area contributed by atoms with Crippen molar-refractivity contribution in [2.75, 3.05) is 62.0 Å². The van der Waals surface area contributed by atoms with Gasteiger partial charge in [-0.2, -0.15) is 10.2 Å². The van der Waals surface area contributed by atoms with Gasteiger partial charge in [-0.25, -0.2) is 18.3 Å². The molecule has 18 heteroatoms. The highest BCUT2D eigenvalue weighted by Crippen LogP contribution is 2.36. The molecule has 2 fully saturated rings. The summed E-state index contributed by atoms with van der Waals surface area (Å²) in [5, 5.41) is 16.5. The SMILES string of the molecule is CCn1nc(-c2cccc(C3(N)COC3)c2)cc1Oc1ccc(C(OC)OC)cc1.CCn1nc(-c2cccc(C3(NS(=O)C(C)(C)C)COC3)c2)cc1Oc1ccc(C(OC)OC)cc1.CO.Cl. The molecule has 0 radical (unpaired) electrons. The van der Waals surface area contributed by atoms with E-state index in [2.05, 4.69) is 16.9 Å². The van der Waals surface area contributed by atoms with Crippen molar-refractivity contribution < 1.29 is 47.2 Å². The predicted octanol–water partition coefficient (Wildman–Crippen LogP) is 8.80. The number of hydrogen-bond donors (Lipinski definition) is 3. The lowest BCUT2D eigenvalue weighted by Gasteiger charge is -2.43. The van der Waals surface area contributed by atoms with Gasteiger partial charge in [-0.15, -0.1) is 12.4 Å². The van der Waals surface area contributed by atoms with Gasteiger partial charge in [-0.05, 0) is 82.1 Å². The van der Waals surface area contributed by atoms with Crippen LogP contribution in [0.2, 0.25) is 0 Å². The Bertz CT molecular complexity index is 2550. The van der Waals surface area contributed by atoms with Crippen molar-refractivity contribution in [2.24, 2.45) is 5.73 Å². The summed E-state index contributed by atoms with van der Waals surface area (Å²) in [6.07, 6.45) is -0.815. The van der Waals surface area contributed by atoms with Crippen molar-refractivity contribution in [3.63, 3.8) is 0 Å². The second-order valence-electron chi connectivity index (χ2n) is 17.2. The number of methoxy groups -OCH3 is 4. The number of aliphatic hydroxyl groups is 1. The number of nitrogens with zero attached hydrogens (tertiary/aromatic N) is 4. The van der Waals surface area contributed by atoms with E-state index in [1.54, 1.807) is 28.4 Å². The zero-order chi connectivity index (χ0) is 49.1. The van der Waals surface area contributed by atoms with Crippen molar-refractivity contribution in [1.82, 2.24) is 24.3 Å². The molecule has 16 nitrogen and oxygen atoms in total. The summed E-state index contributed by atoms with van der Waals surface area (Å²) in [6.45, 7) is 13.3. The van der Waals surface area contributed by atoms with Crippen molar-refractivity contribution in [3.05, 3.63) is 131 Å². The third kappa shape index (κ3) is 13.0. The Labute approximate surface area is 414 Å². The van der Waals surface area contributed by atoms with Crippen molar-refractivity contribution in [3.8, 4) is 45.8 Å². The summed E-state index contributed by atoms with van der Waals surface area (Å²) < 4.78 is 63.8. The second kappa shape index (κ2) is 24.7. The van der Waals surface area contributed by atoms with Gasteiger partial charge in [0.25, 0.3) is 0 Å². The van der Waals surface area contributed by atoms with E-state index in [1.165, 1.54) is 0 Å². The van der Waals surface area contributed by atoms with Gasteiger partial charge >= 0.3 is 0 Å². The number of nitrogens with one attached hydrogen (secondary N) is 1. The number of nitrogens with two attached hydrogens (primary N) is 1. The Morgan fingerprint density at radius 2 is 1.07 bits per heavy atom. The Kier molecular flexibility index (Phi) is 19.7. The Morgan fingerprint density at radius 1 is 0.667 bits per heavy atom. The second-order valence-corrected chi connectivity index (χ2v) is 19.2. The quantitative estimate of drug-likeness (QED) is 0.0695. The maximum absolute atomic E-state index is 12.9. The van der Waals surface area contributed by atoms with Crippen LogP contribution in [0, 0.1) is 0 Å². The van der Waals surface area contributed by atoms with Crippen LogP contribution in [0.5, 0.6) is 23.3 Å². The highest BCUT2D eigenvalue weighted by Gasteiger charge is 2.43. The minimum atomic E-state index is -1.22. The van der Waals surface area contributed by atoms with Crippen LogP contribution in [0.3, 0.4) is 0 Å². The van der Waals surface area contributed by atoms with E-state index in [0.717, 1.165) is 51.9 Å². The summed E-state index contributed by atoms with van der Waals surface area (Å²) in [6, 6.07) is 35.4. The van der Waals surface area contributed by atoms with Crippen molar-refractivity contribution >= 4 is 23.4 Å². The zero-order valence-corrected chi connectivity index (χ0v) is 42.7. The molecule has 0 spiro atoms. The number of hydrogen-bond acceptors (Lipinski definition) is 13. The molecule has 374 valence electrons. The molecule has 2 aliphatic heterocycles. The average molecular weight is 992 g/mol. The van der Waals surface area contributed by atoms with E-state index in [1.807, 2.05) is 141 Å². The fraction of sp³-hybridized carbons (Fsp3) is 0.412. The first-order valence-electron chi connectivity index (χ1n) is 22.4. The average Bonchev–Trinajstić information content (AvgIpc) is 3.95. The molecule has 2 aliphatic rings. The highest BCUT2D eigenvalue weighted by molar-refractivity contribution is 7.84. The molecule has 8 rings (SSSR count). The minimum Gasteiger partial charge on any atom is -0.439 e. The van der Waals surface area contributed by atoms with Crippen LogP contribution in [0.15, 0.2) is 109 Å². The minimum absolute atomic E-state index is 0. The number of halogens is 1. The van der Waals surface area contributed by atoms with Crippen LogP contribution < -0.4 is 19.9 Å². The Morgan fingerprint density at radius 3 is 1.42 bits per heavy atom. The van der Waals surface area contributed by atoms with E-state index in [0.29, 0.717) is 62.8 Å². The van der Waals surface area contributed by atoms with Gasteiger partial charge < -0.3 is 48.7 Å². The van der Waals surface area contributed by atoms with Gasteiger partial charge in [0.1, 0.15) is 17.0 Å². The molecular weight excluding hydrogens is 924 g/mol. The molecular formula is C51H67ClN6O10S. The molecule has 2 aromatic heterocycles. The molecule has 0 amide bonds. The summed E-state index contributed by atoms with van der Waals surface area (Å²) >= 11 is 0. The van der Waals surface area contributed by atoms with Gasteiger partial charge in [0.15, 0.2) is 12.6 Å². The first kappa shape index (κ1) is 54.9. The highest BCUT2D eigenvalue weighted by atomic mass is 35.5. The fourth-order valence-electron chi connectivity index (χ4n) is 7.44. The van der Waals surface area contributed by atoms with Crippen LogP contribution in [-0.2, 0) is 63.6 Å². The third-order valence-electron chi connectivity index (χ3n) is 11.4. The monoisotopic (exact) mass is 990 g/mol. The summed E-state index contributed by atoms with van der Waals surface area (Å²) in [5.74, 6) is 2.73. The van der Waals surface area contributed by atoms with E-state index >= 15 is 0 Å². The van der Waals surface area contributed by atoms with Gasteiger partial charge in [-0.3, -0.25) is 0 Å². The van der Waals surface area contributed by atoms with Gasteiger partial charge in [0, 0.05) is 83.0 Å². The molecule has 0 saturated carbocycles. The molecule has 1 atom stereocenters. The van der Waals surface area contributed by atoms with Crippen LogP contribution >= 0.6 is 12.4 Å². The maximum Gasteiger partial charge on any atom is 0.218 e. The number of aliphatic hydroxyl groups excluding tert-OH is 1. The lowest BCUT2D eigenvalue weighted by Crippen LogP contribution is -2.59. The number of ether oxygens (including phenoxy) is 8. The molecule has 0 aliphatic carbocycles. The van der Waals surface area contributed by atoms with Crippen molar-refractivity contribution in [1.29, 1.82) is 0 Å². The number of aromatic nitrogens is 4. The first-order valence-corrected chi connectivity index (χ1v) is 23.5. The lowest BCUT2D eigenvalue weighted by molar-refractivity contribution is -0.106. The van der Waals surface area contributed by atoms with Gasteiger partial charge in [0.2, 0.25) is 11.8 Å². The third-order valence-corrected chi connectivity index (χ3v) is 13.1. The van der Waals surface area contributed by atoms with Gasteiger partial charge in [0.05, 0.1) is 59.1 Å². The Hall–Kier alpha value is -5.02. The maximum atomic E-state index is 12.9. The normalized spacial score (nSPS) is 15.1. The van der Waals surface area contributed by atoms with Crippen LogP contribution in [-0.4, -0.2) is 95.6 Å². The molecule has 2 saturated heterocycles. The Balaban J connectivity index is 0.000000249. The van der Waals surface area contributed by atoms with E-state index in [9.17, 15) is 4.21 Å². The van der Waals surface area contributed by atoms with E-state index < -0.39 is 34.6 Å². The largest absolute Gasteiger partial charge is 0.439 e. The molecule has 4 aromatic carbocycles. The number of benzene rings is 4. The predicted molar refractivity (Wildman–Crippen MR) is 269 cm³/mol. The first-order chi connectivity index (χ1) is 32.7. The van der Waals surface area contributed by atoms with E-state index in [-0.39, 0.29) is 17.2 Å². The molecule has 69 heavy (non-hydrogen) atoms. The van der Waals surface area contributed by atoms with Crippen LogP contribution in [0.1, 0.15) is 69.5 Å². The fourth-order valence-corrected chi connectivity index (χ4v) is 8.33. The summed E-state index contributed by atoms with van der Waals surface area (Å²) in [5.41, 5.74) is 13.0. The molecule has 6 aromatic rings. The summed E-state index contributed by atoms with van der Waals surface area (Å²) in [4.78, 5) is 0. The molecule has 1 unspecified atom stereocenters. The molecule has 4 heterocycles. The topological polar surface area (TPSA) is 185 Å². The van der Waals surface area contributed by atoms with Crippen molar-refractivity contribution in [2.45, 2.75) is 76.1 Å². The molecule has 4 N–H and O–H groups in total. The zero-order valence-electron chi connectivity index (χ0n) is 41.1. The smallest absolute Gasteiger partial charge is 0.218 e. The van der Waals surface area contributed by atoms with Crippen LogP contribution in [0.4, 0.5) is 0 Å². The lowest BCUT2D eigenvalue weighted by atomic mass is 9.88. The summed E-state index contributed by atoms with van der Waals surface area (Å²) in [7, 11) is 6.21. The van der Waals surface area contributed by atoms with E-state index in [4.69, 9.17) is 58.9 Å². The molecule has 0 bridgehead atoms. The van der Waals surface area contributed by atoms with Gasteiger partial charge in [-0.1, -0.05) is 60.7 Å².